The first kappa shape index (κ1) is 13.9. The van der Waals surface area contributed by atoms with Crippen molar-refractivity contribution in [3.8, 4) is 0 Å². The lowest BCUT2D eigenvalue weighted by Gasteiger charge is -2.29. The SMILES string of the molecule is CCCC(NC1=NCC(C)(C)CS1)c1cccs1. The lowest BCUT2D eigenvalue weighted by molar-refractivity contribution is 0.435. The molecule has 0 aromatic carbocycles. The van der Waals surface area contributed by atoms with Crippen LogP contribution in [0, 0.1) is 5.41 Å². The van der Waals surface area contributed by atoms with Crippen LogP contribution in [0.3, 0.4) is 0 Å². The average molecular weight is 282 g/mol. The second-order valence-electron chi connectivity index (χ2n) is 5.58. The summed E-state index contributed by atoms with van der Waals surface area (Å²) in [7, 11) is 0. The van der Waals surface area contributed by atoms with Gasteiger partial charge in [0.2, 0.25) is 0 Å². The standard InChI is InChI=1S/C14H22N2S2/c1-4-6-11(12-7-5-8-17-12)16-13-15-9-14(2,3)10-18-13/h5,7-8,11H,4,6,9-10H2,1-3H3,(H,15,16). The summed E-state index contributed by atoms with van der Waals surface area (Å²) < 4.78 is 0. The molecule has 0 aliphatic carbocycles. The molecule has 1 aliphatic heterocycles. The number of rotatable bonds is 4. The Morgan fingerprint density at radius 3 is 2.89 bits per heavy atom. The van der Waals surface area contributed by atoms with E-state index in [-0.39, 0.29) is 0 Å². The number of hydrogen-bond acceptors (Lipinski definition) is 4. The number of hydrogen-bond donors (Lipinski definition) is 1. The van der Waals surface area contributed by atoms with E-state index in [2.05, 4.69) is 48.6 Å². The molecule has 2 nitrogen and oxygen atoms in total. The number of aliphatic imine (C=N–C) groups is 1. The summed E-state index contributed by atoms with van der Waals surface area (Å²) in [5.41, 5.74) is 0.346. The molecule has 0 fully saturated rings. The van der Waals surface area contributed by atoms with E-state index < -0.39 is 0 Å². The minimum atomic E-state index is 0.346. The quantitative estimate of drug-likeness (QED) is 0.890. The highest BCUT2D eigenvalue weighted by Crippen LogP contribution is 2.29. The Labute approximate surface area is 118 Å². The van der Waals surface area contributed by atoms with Gasteiger partial charge in [-0.05, 0) is 23.3 Å². The summed E-state index contributed by atoms with van der Waals surface area (Å²) in [6.07, 6.45) is 2.36. The van der Waals surface area contributed by atoms with Gasteiger partial charge in [-0.15, -0.1) is 11.3 Å². The summed E-state index contributed by atoms with van der Waals surface area (Å²) in [5, 5.41) is 6.90. The zero-order chi connectivity index (χ0) is 13.0. The molecule has 4 heteroatoms. The highest BCUT2D eigenvalue weighted by atomic mass is 32.2. The molecule has 2 heterocycles. The Hall–Kier alpha value is -0.480. The lowest BCUT2D eigenvalue weighted by atomic mass is 9.97. The Morgan fingerprint density at radius 2 is 2.33 bits per heavy atom. The van der Waals surface area contributed by atoms with Gasteiger partial charge in [0, 0.05) is 17.2 Å². The van der Waals surface area contributed by atoms with Crippen molar-refractivity contribution in [2.45, 2.75) is 39.7 Å². The Kier molecular flexibility index (Phi) is 4.73. The first-order valence-corrected chi connectivity index (χ1v) is 8.44. The van der Waals surface area contributed by atoms with Gasteiger partial charge in [0.15, 0.2) is 5.17 Å². The molecule has 1 atom stereocenters. The zero-order valence-electron chi connectivity index (χ0n) is 11.4. The van der Waals surface area contributed by atoms with Crippen LogP contribution in [-0.4, -0.2) is 17.5 Å². The molecule has 2 rings (SSSR count). The molecule has 1 aliphatic rings. The van der Waals surface area contributed by atoms with Gasteiger partial charge in [-0.2, -0.15) is 0 Å². The van der Waals surface area contributed by atoms with Crippen LogP contribution < -0.4 is 5.32 Å². The van der Waals surface area contributed by atoms with Crippen LogP contribution >= 0.6 is 23.1 Å². The highest BCUT2D eigenvalue weighted by Gasteiger charge is 2.24. The van der Waals surface area contributed by atoms with Gasteiger partial charge >= 0.3 is 0 Å². The van der Waals surface area contributed by atoms with Crippen LogP contribution in [0.25, 0.3) is 0 Å². The smallest absolute Gasteiger partial charge is 0.157 e. The predicted molar refractivity (Wildman–Crippen MR) is 83.6 cm³/mol. The van der Waals surface area contributed by atoms with Crippen molar-refractivity contribution in [3.05, 3.63) is 22.4 Å². The maximum Gasteiger partial charge on any atom is 0.157 e. The normalized spacial score (nSPS) is 20.3. The Morgan fingerprint density at radius 1 is 1.50 bits per heavy atom. The van der Waals surface area contributed by atoms with Gasteiger partial charge in [-0.1, -0.05) is 45.0 Å². The molecular weight excluding hydrogens is 260 g/mol. The number of thioether (sulfide) groups is 1. The second kappa shape index (κ2) is 6.11. The van der Waals surface area contributed by atoms with Crippen LogP contribution in [-0.2, 0) is 0 Å². The first-order valence-electron chi connectivity index (χ1n) is 6.58. The van der Waals surface area contributed by atoms with Crippen molar-refractivity contribution in [1.29, 1.82) is 0 Å². The molecule has 0 amide bonds. The van der Waals surface area contributed by atoms with Crippen molar-refractivity contribution in [3.63, 3.8) is 0 Å². The fourth-order valence-corrected chi connectivity index (χ4v) is 3.75. The molecule has 0 bridgehead atoms. The van der Waals surface area contributed by atoms with Gasteiger partial charge in [0.05, 0.1) is 6.04 Å². The summed E-state index contributed by atoms with van der Waals surface area (Å²) in [6, 6.07) is 4.78. The predicted octanol–water partition coefficient (Wildman–Crippen LogP) is 4.31. The van der Waals surface area contributed by atoms with Crippen LogP contribution in [0.5, 0.6) is 0 Å². The van der Waals surface area contributed by atoms with Crippen molar-refractivity contribution in [1.82, 2.24) is 5.32 Å². The summed E-state index contributed by atoms with van der Waals surface area (Å²) >= 11 is 3.70. The molecule has 1 aromatic rings. The third-order valence-electron chi connectivity index (χ3n) is 3.01. The Bertz CT molecular complexity index is 396. The van der Waals surface area contributed by atoms with Crippen LogP contribution in [0.4, 0.5) is 0 Å². The molecule has 18 heavy (non-hydrogen) atoms. The van der Waals surface area contributed by atoms with Gasteiger partial charge in [-0.3, -0.25) is 4.99 Å². The first-order chi connectivity index (χ1) is 8.61. The lowest BCUT2D eigenvalue weighted by Crippen LogP contribution is -2.33. The molecule has 0 spiro atoms. The number of amidine groups is 1. The van der Waals surface area contributed by atoms with Crippen molar-refractivity contribution in [2.24, 2.45) is 10.4 Å². The summed E-state index contributed by atoms with van der Waals surface area (Å²) in [5.74, 6) is 1.15. The van der Waals surface area contributed by atoms with Crippen LogP contribution in [0.2, 0.25) is 0 Å². The molecule has 0 saturated heterocycles. The maximum absolute atomic E-state index is 4.69. The number of nitrogens with zero attached hydrogens (tertiary/aromatic N) is 1. The monoisotopic (exact) mass is 282 g/mol. The second-order valence-corrected chi connectivity index (χ2v) is 7.52. The van der Waals surface area contributed by atoms with Crippen molar-refractivity contribution < 1.29 is 0 Å². The van der Waals surface area contributed by atoms with E-state index in [1.807, 2.05) is 23.1 Å². The summed E-state index contributed by atoms with van der Waals surface area (Å²) in [4.78, 5) is 6.11. The molecule has 0 radical (unpaired) electrons. The third-order valence-corrected chi connectivity index (χ3v) is 5.44. The fraction of sp³-hybridized carbons (Fsp3) is 0.643. The summed E-state index contributed by atoms with van der Waals surface area (Å²) in [6.45, 7) is 7.74. The zero-order valence-corrected chi connectivity index (χ0v) is 13.0. The van der Waals surface area contributed by atoms with E-state index in [1.165, 1.54) is 17.7 Å². The van der Waals surface area contributed by atoms with Gasteiger partial charge in [-0.25, -0.2) is 0 Å². The van der Waals surface area contributed by atoms with Crippen LogP contribution in [0.1, 0.15) is 44.5 Å². The van der Waals surface area contributed by atoms with E-state index in [1.54, 1.807) is 0 Å². The van der Waals surface area contributed by atoms with E-state index in [4.69, 9.17) is 0 Å². The van der Waals surface area contributed by atoms with Gasteiger partial charge in [0.25, 0.3) is 0 Å². The molecule has 100 valence electrons. The molecule has 1 N–H and O–H groups in total. The highest BCUT2D eigenvalue weighted by molar-refractivity contribution is 8.13. The maximum atomic E-state index is 4.69. The van der Waals surface area contributed by atoms with Crippen molar-refractivity contribution in [2.75, 3.05) is 12.3 Å². The van der Waals surface area contributed by atoms with E-state index in [0.717, 1.165) is 17.5 Å². The Balaban J connectivity index is 2.00. The fourth-order valence-electron chi connectivity index (χ4n) is 1.94. The molecule has 0 saturated carbocycles. The molecule has 1 unspecified atom stereocenters. The number of thiophene rings is 1. The van der Waals surface area contributed by atoms with E-state index in [9.17, 15) is 0 Å². The topological polar surface area (TPSA) is 24.4 Å². The van der Waals surface area contributed by atoms with Crippen molar-refractivity contribution >= 4 is 28.3 Å². The van der Waals surface area contributed by atoms with E-state index >= 15 is 0 Å². The van der Waals surface area contributed by atoms with Gasteiger partial charge < -0.3 is 5.32 Å². The molecule has 1 aromatic heterocycles. The largest absolute Gasteiger partial charge is 0.357 e. The van der Waals surface area contributed by atoms with Crippen LogP contribution in [0.15, 0.2) is 22.5 Å². The van der Waals surface area contributed by atoms with E-state index in [0.29, 0.717) is 11.5 Å². The van der Waals surface area contributed by atoms with Gasteiger partial charge in [0.1, 0.15) is 0 Å². The number of nitrogens with one attached hydrogen (secondary N) is 1. The third kappa shape index (κ3) is 3.75. The average Bonchev–Trinajstić information content (AvgIpc) is 2.84. The minimum Gasteiger partial charge on any atom is -0.357 e. The minimum absolute atomic E-state index is 0.346. The molecular formula is C14H22N2S2.